The summed E-state index contributed by atoms with van der Waals surface area (Å²) >= 11 is 1.50. The van der Waals surface area contributed by atoms with E-state index in [0.29, 0.717) is 5.69 Å². The lowest BCUT2D eigenvalue weighted by Gasteiger charge is -2.09. The van der Waals surface area contributed by atoms with Crippen molar-refractivity contribution in [2.75, 3.05) is 24.7 Å². The van der Waals surface area contributed by atoms with E-state index < -0.39 is 17.8 Å². The fourth-order valence-corrected chi connectivity index (χ4v) is 2.48. The van der Waals surface area contributed by atoms with Crippen molar-refractivity contribution >= 4 is 35.2 Å². The molecule has 0 unspecified atom stereocenters. The van der Waals surface area contributed by atoms with Crippen molar-refractivity contribution in [2.24, 2.45) is 0 Å². The standard InChI is InChI=1S/C17H18N2O5S/c1-25-14-7-3-2-5-12(14)19-15(20)11-24-16(21)8-9-18-17(22)13-6-4-10-23-13/h2-7,10H,8-9,11H2,1H3,(H,18,22)(H,19,20). The summed E-state index contributed by atoms with van der Waals surface area (Å²) in [5, 5.41) is 5.21. The van der Waals surface area contributed by atoms with Crippen LogP contribution in [0.25, 0.3) is 0 Å². The molecule has 2 N–H and O–H groups in total. The maximum Gasteiger partial charge on any atom is 0.308 e. The van der Waals surface area contributed by atoms with Crippen molar-refractivity contribution in [3.8, 4) is 0 Å². The molecule has 0 saturated carbocycles. The van der Waals surface area contributed by atoms with Gasteiger partial charge in [0.05, 0.1) is 18.4 Å². The Balaban J connectivity index is 1.67. The topological polar surface area (TPSA) is 97.6 Å². The zero-order valence-electron chi connectivity index (χ0n) is 13.6. The van der Waals surface area contributed by atoms with E-state index in [2.05, 4.69) is 10.6 Å². The number of ether oxygens (including phenoxy) is 1. The van der Waals surface area contributed by atoms with Crippen molar-refractivity contribution in [3.05, 3.63) is 48.4 Å². The fourth-order valence-electron chi connectivity index (χ4n) is 1.93. The number of hydrogen-bond donors (Lipinski definition) is 2. The van der Waals surface area contributed by atoms with E-state index in [9.17, 15) is 14.4 Å². The summed E-state index contributed by atoms with van der Waals surface area (Å²) in [5.74, 6) is -1.24. The quantitative estimate of drug-likeness (QED) is 0.552. The van der Waals surface area contributed by atoms with E-state index in [1.165, 1.54) is 24.1 Å². The lowest BCUT2D eigenvalue weighted by atomic mass is 10.3. The minimum Gasteiger partial charge on any atom is -0.459 e. The van der Waals surface area contributed by atoms with E-state index in [4.69, 9.17) is 9.15 Å². The van der Waals surface area contributed by atoms with Gasteiger partial charge in [-0.25, -0.2) is 0 Å². The molecule has 0 aliphatic heterocycles. The predicted molar refractivity (Wildman–Crippen MR) is 93.5 cm³/mol. The first kappa shape index (κ1) is 18.6. The molecule has 0 bridgehead atoms. The number of anilines is 1. The number of thioether (sulfide) groups is 1. The highest BCUT2D eigenvalue weighted by atomic mass is 32.2. The molecule has 2 amide bonds. The van der Waals surface area contributed by atoms with Crippen LogP contribution in [0.15, 0.2) is 52.0 Å². The Kier molecular flexibility index (Phi) is 7.09. The van der Waals surface area contributed by atoms with Crippen LogP contribution in [0, 0.1) is 0 Å². The first-order valence-electron chi connectivity index (χ1n) is 7.50. The van der Waals surface area contributed by atoms with E-state index in [1.54, 1.807) is 12.1 Å². The van der Waals surface area contributed by atoms with Gasteiger partial charge in [-0.2, -0.15) is 0 Å². The Hall–Kier alpha value is -2.74. The number of nitrogens with one attached hydrogen (secondary N) is 2. The van der Waals surface area contributed by atoms with Crippen LogP contribution in [0.3, 0.4) is 0 Å². The third kappa shape index (κ3) is 6.00. The van der Waals surface area contributed by atoms with Crippen molar-refractivity contribution in [3.63, 3.8) is 0 Å². The molecule has 0 spiro atoms. The molecule has 2 aromatic rings. The van der Waals surface area contributed by atoms with Gasteiger partial charge in [-0.15, -0.1) is 11.8 Å². The summed E-state index contributed by atoms with van der Waals surface area (Å²) in [6.45, 7) is -0.289. The average molecular weight is 362 g/mol. The van der Waals surface area contributed by atoms with Gasteiger partial charge in [0.15, 0.2) is 12.4 Å². The lowest BCUT2D eigenvalue weighted by molar-refractivity contribution is -0.147. The molecule has 25 heavy (non-hydrogen) atoms. The SMILES string of the molecule is CSc1ccccc1NC(=O)COC(=O)CCNC(=O)c1ccco1. The number of carbonyl (C=O) groups excluding carboxylic acids is 3. The molecule has 1 aromatic carbocycles. The highest BCUT2D eigenvalue weighted by molar-refractivity contribution is 7.98. The van der Waals surface area contributed by atoms with Gasteiger partial charge in [-0.05, 0) is 30.5 Å². The van der Waals surface area contributed by atoms with E-state index in [-0.39, 0.29) is 25.3 Å². The molecule has 0 aliphatic rings. The lowest BCUT2D eigenvalue weighted by Crippen LogP contribution is -2.27. The molecule has 132 valence electrons. The van der Waals surface area contributed by atoms with Crippen LogP contribution < -0.4 is 10.6 Å². The maximum absolute atomic E-state index is 11.8. The second-order valence-electron chi connectivity index (χ2n) is 4.89. The van der Waals surface area contributed by atoms with Crippen LogP contribution in [0.4, 0.5) is 5.69 Å². The number of hydrogen-bond acceptors (Lipinski definition) is 6. The normalized spacial score (nSPS) is 10.1. The summed E-state index contributed by atoms with van der Waals surface area (Å²) in [6.07, 6.45) is 3.25. The molecule has 0 atom stereocenters. The van der Waals surface area contributed by atoms with Crippen molar-refractivity contribution in [1.82, 2.24) is 5.32 Å². The van der Waals surface area contributed by atoms with Crippen molar-refractivity contribution in [1.29, 1.82) is 0 Å². The maximum atomic E-state index is 11.8. The molecule has 0 saturated heterocycles. The number of carbonyl (C=O) groups is 3. The molecular weight excluding hydrogens is 344 g/mol. The molecule has 1 heterocycles. The third-order valence-electron chi connectivity index (χ3n) is 3.10. The van der Waals surface area contributed by atoms with Gasteiger partial charge in [0.2, 0.25) is 0 Å². The average Bonchev–Trinajstić information content (AvgIpc) is 3.15. The van der Waals surface area contributed by atoms with Gasteiger partial charge in [-0.1, -0.05) is 12.1 Å². The minimum absolute atomic E-state index is 0.0405. The molecule has 8 heteroatoms. The highest BCUT2D eigenvalue weighted by Gasteiger charge is 2.11. The second-order valence-corrected chi connectivity index (χ2v) is 5.74. The van der Waals surface area contributed by atoms with Crippen molar-refractivity contribution < 1.29 is 23.5 Å². The largest absolute Gasteiger partial charge is 0.459 e. The Morgan fingerprint density at radius 2 is 1.96 bits per heavy atom. The third-order valence-corrected chi connectivity index (χ3v) is 3.90. The summed E-state index contributed by atoms with van der Waals surface area (Å²) in [7, 11) is 0. The second kappa shape index (κ2) is 9.53. The van der Waals surface area contributed by atoms with Crippen molar-refractivity contribution in [2.45, 2.75) is 11.3 Å². The number of amides is 2. The molecule has 0 radical (unpaired) electrons. The van der Waals surface area contributed by atoms with Crippen LogP contribution in [-0.2, 0) is 14.3 Å². The van der Waals surface area contributed by atoms with Gasteiger partial charge in [0, 0.05) is 11.4 Å². The number of benzene rings is 1. The summed E-state index contributed by atoms with van der Waals surface area (Å²) in [4.78, 5) is 36.0. The molecule has 0 aliphatic carbocycles. The first-order valence-corrected chi connectivity index (χ1v) is 8.73. The summed E-state index contributed by atoms with van der Waals surface area (Å²) in [6, 6.07) is 10.5. The summed E-state index contributed by atoms with van der Waals surface area (Å²) in [5.41, 5.74) is 0.668. The van der Waals surface area contributed by atoms with Gasteiger partial charge >= 0.3 is 5.97 Å². The Labute approximate surface area is 149 Å². The van der Waals surface area contributed by atoms with Gasteiger partial charge in [-0.3, -0.25) is 14.4 Å². The zero-order chi connectivity index (χ0) is 18.1. The monoisotopic (exact) mass is 362 g/mol. The Morgan fingerprint density at radius 3 is 2.68 bits per heavy atom. The van der Waals surface area contributed by atoms with E-state index >= 15 is 0 Å². The van der Waals surface area contributed by atoms with Crippen LogP contribution in [0.5, 0.6) is 0 Å². The van der Waals surface area contributed by atoms with Gasteiger partial charge in [0.1, 0.15) is 0 Å². The molecule has 1 aromatic heterocycles. The molecular formula is C17H18N2O5S. The Bertz CT molecular complexity index is 730. The fraction of sp³-hybridized carbons (Fsp3) is 0.235. The smallest absolute Gasteiger partial charge is 0.308 e. The minimum atomic E-state index is -0.576. The van der Waals surface area contributed by atoms with Gasteiger partial charge in [0.25, 0.3) is 11.8 Å². The van der Waals surface area contributed by atoms with E-state index in [1.807, 2.05) is 24.5 Å². The number of esters is 1. The number of para-hydroxylation sites is 1. The summed E-state index contributed by atoms with van der Waals surface area (Å²) < 4.78 is 9.81. The number of rotatable bonds is 8. The molecule has 2 rings (SSSR count). The zero-order valence-corrected chi connectivity index (χ0v) is 14.4. The van der Waals surface area contributed by atoms with E-state index in [0.717, 1.165) is 4.90 Å². The molecule has 7 nitrogen and oxygen atoms in total. The number of furan rings is 1. The van der Waals surface area contributed by atoms with Crippen LogP contribution >= 0.6 is 11.8 Å². The van der Waals surface area contributed by atoms with Crippen LogP contribution in [0.2, 0.25) is 0 Å². The predicted octanol–water partition coefficient (Wildman–Crippen LogP) is 2.30. The Morgan fingerprint density at radius 1 is 1.16 bits per heavy atom. The van der Waals surface area contributed by atoms with Crippen LogP contribution in [-0.4, -0.2) is 37.2 Å². The molecule has 0 fully saturated rings. The highest BCUT2D eigenvalue weighted by Crippen LogP contribution is 2.24. The van der Waals surface area contributed by atoms with Crippen LogP contribution in [0.1, 0.15) is 17.0 Å². The first-order chi connectivity index (χ1) is 12.1. The van der Waals surface area contributed by atoms with Gasteiger partial charge < -0.3 is 19.8 Å².